The van der Waals surface area contributed by atoms with Crippen molar-refractivity contribution in [2.75, 3.05) is 6.54 Å². The van der Waals surface area contributed by atoms with Crippen LogP contribution < -0.4 is 5.32 Å². The lowest BCUT2D eigenvalue weighted by Crippen LogP contribution is -2.27. The Hall–Kier alpha value is -3.09. The average molecular weight is 294 g/mol. The number of imidazole rings is 1. The monoisotopic (exact) mass is 294 g/mol. The highest BCUT2D eigenvalue weighted by atomic mass is 16.1. The molecule has 0 aliphatic heterocycles. The highest BCUT2D eigenvalue weighted by Crippen LogP contribution is 2.12. The zero-order valence-electron chi connectivity index (χ0n) is 11.8. The first-order chi connectivity index (χ1) is 10.8. The summed E-state index contributed by atoms with van der Waals surface area (Å²) in [6.07, 6.45) is 11.6. The second kappa shape index (κ2) is 6.57. The van der Waals surface area contributed by atoms with E-state index < -0.39 is 0 Å². The quantitative estimate of drug-likeness (QED) is 0.763. The second-order valence-electron chi connectivity index (χ2n) is 4.53. The van der Waals surface area contributed by atoms with Gasteiger partial charge in [0.25, 0.3) is 5.91 Å². The molecule has 0 aromatic carbocycles. The predicted molar refractivity (Wildman–Crippen MR) is 79.8 cm³/mol. The molecule has 0 atom stereocenters. The average Bonchev–Trinajstić information content (AvgIpc) is 3.05. The summed E-state index contributed by atoms with van der Waals surface area (Å²) >= 11 is 0. The number of carbonyl (C=O) groups excluding carboxylic acids is 1. The van der Waals surface area contributed by atoms with Crippen molar-refractivity contribution in [3.8, 4) is 11.5 Å². The van der Waals surface area contributed by atoms with Crippen molar-refractivity contribution >= 4 is 5.91 Å². The standard InChI is InChI=1S/C15H14N6O/c22-15(12-1-3-16-4-2-12)20-8-10-21-9-7-19-14(21)13-11-17-5-6-18-13/h1-7,9,11H,8,10H2,(H,20,22). The van der Waals surface area contributed by atoms with E-state index in [0.29, 0.717) is 24.3 Å². The van der Waals surface area contributed by atoms with Crippen molar-refractivity contribution in [2.24, 2.45) is 0 Å². The Bertz CT molecular complexity index is 741. The number of rotatable bonds is 5. The van der Waals surface area contributed by atoms with Crippen molar-refractivity contribution in [3.05, 3.63) is 61.1 Å². The summed E-state index contributed by atoms with van der Waals surface area (Å²) in [5.41, 5.74) is 1.29. The first kappa shape index (κ1) is 13.9. The zero-order valence-corrected chi connectivity index (χ0v) is 11.8. The second-order valence-corrected chi connectivity index (χ2v) is 4.53. The van der Waals surface area contributed by atoms with E-state index in [1.165, 1.54) is 0 Å². The van der Waals surface area contributed by atoms with Gasteiger partial charge in [-0.05, 0) is 12.1 Å². The van der Waals surface area contributed by atoms with Crippen LogP contribution in [-0.2, 0) is 6.54 Å². The molecule has 3 aromatic rings. The fraction of sp³-hybridized carbons (Fsp3) is 0.133. The molecule has 7 heteroatoms. The molecule has 0 saturated carbocycles. The van der Waals surface area contributed by atoms with Crippen molar-refractivity contribution in [2.45, 2.75) is 6.54 Å². The zero-order chi connectivity index (χ0) is 15.2. The van der Waals surface area contributed by atoms with Crippen molar-refractivity contribution < 1.29 is 4.79 Å². The van der Waals surface area contributed by atoms with Gasteiger partial charge in [-0.1, -0.05) is 0 Å². The molecule has 0 bridgehead atoms. The van der Waals surface area contributed by atoms with E-state index in [0.717, 1.165) is 5.82 Å². The Labute approximate surface area is 127 Å². The number of nitrogens with zero attached hydrogens (tertiary/aromatic N) is 5. The van der Waals surface area contributed by atoms with Crippen molar-refractivity contribution in [3.63, 3.8) is 0 Å². The first-order valence-electron chi connectivity index (χ1n) is 6.80. The van der Waals surface area contributed by atoms with Gasteiger partial charge in [0.2, 0.25) is 0 Å². The summed E-state index contributed by atoms with van der Waals surface area (Å²) in [4.78, 5) is 28.4. The molecule has 3 heterocycles. The van der Waals surface area contributed by atoms with Gasteiger partial charge < -0.3 is 9.88 Å². The third-order valence-electron chi connectivity index (χ3n) is 3.09. The lowest BCUT2D eigenvalue weighted by molar-refractivity contribution is 0.0952. The highest BCUT2D eigenvalue weighted by Gasteiger charge is 2.08. The highest BCUT2D eigenvalue weighted by molar-refractivity contribution is 5.93. The van der Waals surface area contributed by atoms with E-state index in [9.17, 15) is 4.79 Å². The summed E-state index contributed by atoms with van der Waals surface area (Å²) in [7, 11) is 0. The van der Waals surface area contributed by atoms with E-state index in [1.54, 1.807) is 49.3 Å². The van der Waals surface area contributed by atoms with Crippen LogP contribution in [0.15, 0.2) is 55.5 Å². The van der Waals surface area contributed by atoms with Gasteiger partial charge in [0.1, 0.15) is 5.69 Å². The summed E-state index contributed by atoms with van der Waals surface area (Å²) in [6, 6.07) is 3.36. The number of hydrogen-bond donors (Lipinski definition) is 1. The molecule has 7 nitrogen and oxygen atoms in total. The summed E-state index contributed by atoms with van der Waals surface area (Å²) < 4.78 is 1.93. The van der Waals surface area contributed by atoms with Crippen molar-refractivity contribution in [1.82, 2.24) is 29.8 Å². The third kappa shape index (κ3) is 3.14. The van der Waals surface area contributed by atoms with Gasteiger partial charge in [0, 0.05) is 55.8 Å². The largest absolute Gasteiger partial charge is 0.350 e. The number of amides is 1. The van der Waals surface area contributed by atoms with E-state index in [4.69, 9.17) is 0 Å². The van der Waals surface area contributed by atoms with E-state index >= 15 is 0 Å². The fourth-order valence-electron chi connectivity index (χ4n) is 2.03. The van der Waals surface area contributed by atoms with Crippen LogP contribution in [-0.4, -0.2) is 37.0 Å². The van der Waals surface area contributed by atoms with E-state index in [-0.39, 0.29) is 5.91 Å². The first-order valence-corrected chi connectivity index (χ1v) is 6.80. The normalized spacial score (nSPS) is 10.4. The molecule has 1 amide bonds. The molecule has 22 heavy (non-hydrogen) atoms. The number of nitrogens with one attached hydrogen (secondary N) is 1. The number of aromatic nitrogens is 5. The van der Waals surface area contributed by atoms with Crippen molar-refractivity contribution in [1.29, 1.82) is 0 Å². The third-order valence-corrected chi connectivity index (χ3v) is 3.09. The SMILES string of the molecule is O=C(NCCn1ccnc1-c1cnccn1)c1ccncc1. The molecule has 110 valence electrons. The van der Waals surface area contributed by atoms with Crippen LogP contribution in [0.1, 0.15) is 10.4 Å². The van der Waals surface area contributed by atoms with Crippen LogP contribution in [0.5, 0.6) is 0 Å². The maximum absolute atomic E-state index is 11.9. The maximum Gasteiger partial charge on any atom is 0.251 e. The van der Waals surface area contributed by atoms with Crippen LogP contribution in [0.25, 0.3) is 11.5 Å². The van der Waals surface area contributed by atoms with Gasteiger partial charge in [0.15, 0.2) is 5.82 Å². The minimum atomic E-state index is -0.122. The molecule has 0 fully saturated rings. The van der Waals surface area contributed by atoms with Gasteiger partial charge in [0.05, 0.1) is 6.20 Å². The minimum Gasteiger partial charge on any atom is -0.350 e. The van der Waals surface area contributed by atoms with Crippen LogP contribution in [0.4, 0.5) is 0 Å². The Morgan fingerprint density at radius 1 is 1.05 bits per heavy atom. The van der Waals surface area contributed by atoms with Crippen LogP contribution in [0.2, 0.25) is 0 Å². The minimum absolute atomic E-state index is 0.122. The van der Waals surface area contributed by atoms with Gasteiger partial charge in [-0.2, -0.15) is 0 Å². The molecule has 0 radical (unpaired) electrons. The Kier molecular flexibility index (Phi) is 4.15. The van der Waals surface area contributed by atoms with Gasteiger partial charge in [-0.3, -0.25) is 14.8 Å². The Morgan fingerprint density at radius 2 is 1.91 bits per heavy atom. The summed E-state index contributed by atoms with van der Waals surface area (Å²) in [5.74, 6) is 0.606. The molecule has 0 unspecified atom stereocenters. The van der Waals surface area contributed by atoms with Gasteiger partial charge >= 0.3 is 0 Å². The number of carbonyl (C=O) groups is 1. The molecule has 0 spiro atoms. The Morgan fingerprint density at radius 3 is 2.68 bits per heavy atom. The molecular weight excluding hydrogens is 280 g/mol. The van der Waals surface area contributed by atoms with Crippen LogP contribution in [0.3, 0.4) is 0 Å². The molecule has 1 N–H and O–H groups in total. The topological polar surface area (TPSA) is 85.6 Å². The predicted octanol–water partition coefficient (Wildman–Crippen LogP) is 1.17. The summed E-state index contributed by atoms with van der Waals surface area (Å²) in [5, 5.41) is 2.86. The molecule has 0 saturated heterocycles. The van der Waals surface area contributed by atoms with Gasteiger partial charge in [-0.25, -0.2) is 9.97 Å². The molecule has 0 aliphatic carbocycles. The molecule has 0 aliphatic rings. The summed E-state index contributed by atoms with van der Waals surface area (Å²) in [6.45, 7) is 1.09. The molecule has 3 rings (SSSR count). The molecule has 3 aromatic heterocycles. The lowest BCUT2D eigenvalue weighted by atomic mass is 10.2. The Balaban J connectivity index is 1.61. The number of pyridine rings is 1. The molecular formula is C15H14N6O. The van der Waals surface area contributed by atoms with E-state index in [2.05, 4.69) is 25.3 Å². The van der Waals surface area contributed by atoms with Gasteiger partial charge in [-0.15, -0.1) is 0 Å². The lowest BCUT2D eigenvalue weighted by Gasteiger charge is -2.08. The maximum atomic E-state index is 11.9. The van der Waals surface area contributed by atoms with E-state index in [1.807, 2.05) is 10.8 Å². The van der Waals surface area contributed by atoms with Crippen LogP contribution >= 0.6 is 0 Å². The smallest absolute Gasteiger partial charge is 0.251 e. The van der Waals surface area contributed by atoms with Crippen LogP contribution in [0, 0.1) is 0 Å². The fourth-order valence-corrected chi connectivity index (χ4v) is 2.03. The number of hydrogen-bond acceptors (Lipinski definition) is 5.